The Balaban J connectivity index is 1.46. The average molecular weight is 553 g/mol. The van der Waals surface area contributed by atoms with Crippen LogP contribution in [0.2, 0.25) is 0 Å². The van der Waals surface area contributed by atoms with E-state index < -0.39 is 0 Å². The van der Waals surface area contributed by atoms with E-state index in [2.05, 4.69) is 36.4 Å². The van der Waals surface area contributed by atoms with E-state index in [1.54, 1.807) is 16.7 Å². The van der Waals surface area contributed by atoms with Crippen LogP contribution in [0.15, 0.2) is 35.9 Å². The quantitative estimate of drug-likeness (QED) is 0.326. The summed E-state index contributed by atoms with van der Waals surface area (Å²) >= 11 is 0. The molecule has 4 fully saturated rings. The number of fused-ring (bicyclic) bond motifs is 3. The summed E-state index contributed by atoms with van der Waals surface area (Å²) in [5, 5.41) is 0. The van der Waals surface area contributed by atoms with Gasteiger partial charge >= 0.3 is 0 Å². The van der Waals surface area contributed by atoms with Crippen LogP contribution in [0.5, 0.6) is 0 Å². The van der Waals surface area contributed by atoms with Gasteiger partial charge in [0.05, 0.1) is 0 Å². The second-order valence-electron chi connectivity index (χ2n) is 15.8. The smallest absolute Gasteiger partial charge is 0.00242 e. The van der Waals surface area contributed by atoms with Crippen molar-refractivity contribution in [2.45, 2.75) is 161 Å². The Bertz CT molecular complexity index is 1010. The molecule has 6 aliphatic rings. The molecule has 0 heterocycles. The molecular weight excluding hydrogens is 492 g/mol. The summed E-state index contributed by atoms with van der Waals surface area (Å²) in [4.78, 5) is 0. The van der Waals surface area contributed by atoms with Gasteiger partial charge in [0.1, 0.15) is 0 Å². The lowest BCUT2D eigenvalue weighted by Crippen LogP contribution is -2.51. The van der Waals surface area contributed by atoms with Crippen molar-refractivity contribution in [1.82, 2.24) is 0 Å². The standard InChI is InChI=1S/C41H60/c1-2-10-21-33(20-9-1)40(34-22-11-3-4-12-23-34)30-38-37-28-18-17-19-32(37)29-39(38)41(31-40,35-24-13-5-6-14-25-35)36-26-15-7-8-16-27-36/h17-19,28-30,33-36H,1-16,20-27,31H2. The van der Waals surface area contributed by atoms with Gasteiger partial charge in [0.2, 0.25) is 0 Å². The monoisotopic (exact) mass is 552 g/mol. The zero-order valence-electron chi connectivity index (χ0n) is 26.5. The normalized spacial score (nSPS) is 28.8. The third kappa shape index (κ3) is 5.35. The molecule has 1 aromatic carbocycles. The molecule has 6 aliphatic carbocycles. The van der Waals surface area contributed by atoms with Crippen molar-refractivity contribution in [3.8, 4) is 0 Å². The lowest BCUT2D eigenvalue weighted by atomic mass is 9.44. The van der Waals surface area contributed by atoms with Gasteiger partial charge < -0.3 is 0 Å². The largest absolute Gasteiger partial charge is 0.0695 e. The summed E-state index contributed by atoms with van der Waals surface area (Å²) in [6.07, 6.45) is 43.1. The maximum absolute atomic E-state index is 3.06. The van der Waals surface area contributed by atoms with Crippen LogP contribution < -0.4 is 0 Å². The minimum Gasteiger partial charge on any atom is -0.0695 e. The van der Waals surface area contributed by atoms with Crippen LogP contribution in [0.3, 0.4) is 0 Å². The van der Waals surface area contributed by atoms with Crippen LogP contribution in [0, 0.1) is 34.5 Å². The Labute approximate surface area is 253 Å². The fourth-order valence-corrected chi connectivity index (χ4v) is 11.9. The van der Waals surface area contributed by atoms with E-state index in [0.29, 0.717) is 10.8 Å². The molecule has 0 N–H and O–H groups in total. The van der Waals surface area contributed by atoms with Gasteiger partial charge in [-0.25, -0.2) is 0 Å². The van der Waals surface area contributed by atoms with Gasteiger partial charge in [-0.05, 0) is 115 Å². The zero-order valence-corrected chi connectivity index (χ0v) is 26.5. The van der Waals surface area contributed by atoms with Crippen molar-refractivity contribution in [3.63, 3.8) is 0 Å². The fraction of sp³-hybridized carbons (Fsp3) is 0.756. The first-order valence-electron chi connectivity index (χ1n) is 18.9. The Hall–Kier alpha value is -1.30. The second kappa shape index (κ2) is 12.7. The highest BCUT2D eigenvalue weighted by molar-refractivity contribution is 5.97. The first kappa shape index (κ1) is 28.5. The summed E-state index contributed by atoms with van der Waals surface area (Å²) in [6, 6.07) is 9.65. The van der Waals surface area contributed by atoms with Crippen LogP contribution in [0.25, 0.3) is 11.6 Å². The van der Waals surface area contributed by atoms with E-state index in [1.807, 2.05) is 5.57 Å². The number of allylic oxidation sites excluding steroid dienone is 3. The molecule has 0 heteroatoms. The molecule has 0 nitrogen and oxygen atoms in total. The third-order valence-electron chi connectivity index (χ3n) is 13.8. The highest BCUT2D eigenvalue weighted by Crippen LogP contribution is 2.69. The summed E-state index contributed by atoms with van der Waals surface area (Å²) in [5.74, 6) is 3.61. The predicted octanol–water partition coefficient (Wildman–Crippen LogP) is 12.7. The summed E-state index contributed by atoms with van der Waals surface area (Å²) in [6.45, 7) is 0. The highest BCUT2D eigenvalue weighted by atomic mass is 14.6. The van der Waals surface area contributed by atoms with Gasteiger partial charge in [0.15, 0.2) is 0 Å². The maximum atomic E-state index is 3.06. The van der Waals surface area contributed by atoms with E-state index in [9.17, 15) is 0 Å². The van der Waals surface area contributed by atoms with Crippen LogP contribution in [0.4, 0.5) is 0 Å². The third-order valence-corrected chi connectivity index (χ3v) is 13.8. The Morgan fingerprint density at radius 2 is 0.878 bits per heavy atom. The molecule has 0 aliphatic heterocycles. The molecule has 0 radical (unpaired) electrons. The van der Waals surface area contributed by atoms with Gasteiger partial charge in [0.25, 0.3) is 0 Å². The molecule has 0 saturated heterocycles. The van der Waals surface area contributed by atoms with Crippen molar-refractivity contribution in [3.05, 3.63) is 47.0 Å². The fourth-order valence-electron chi connectivity index (χ4n) is 11.9. The van der Waals surface area contributed by atoms with Gasteiger partial charge in [-0.2, -0.15) is 0 Å². The van der Waals surface area contributed by atoms with Gasteiger partial charge in [-0.15, -0.1) is 0 Å². The van der Waals surface area contributed by atoms with Crippen LogP contribution in [0.1, 0.15) is 172 Å². The Kier molecular flexibility index (Phi) is 8.85. The number of rotatable bonds is 4. The molecule has 1 aromatic rings. The van der Waals surface area contributed by atoms with Crippen molar-refractivity contribution in [2.75, 3.05) is 0 Å². The second-order valence-corrected chi connectivity index (χ2v) is 15.8. The zero-order chi connectivity index (χ0) is 27.5. The molecule has 4 saturated carbocycles. The van der Waals surface area contributed by atoms with E-state index in [0.717, 1.165) is 23.7 Å². The lowest BCUT2D eigenvalue weighted by molar-refractivity contribution is -0.0199. The van der Waals surface area contributed by atoms with Crippen molar-refractivity contribution < 1.29 is 0 Å². The van der Waals surface area contributed by atoms with Crippen molar-refractivity contribution >= 4 is 11.6 Å². The minimum absolute atomic E-state index is 0.399. The van der Waals surface area contributed by atoms with E-state index >= 15 is 0 Å². The SMILES string of the molecule is C1=C2C(=Cc3ccccc32)C(C2CCCCCC2)(C2CCCCCC2)CC1(C1CCCCCC1)C1CCCCCC1. The van der Waals surface area contributed by atoms with Crippen molar-refractivity contribution in [2.24, 2.45) is 34.5 Å². The molecule has 0 bridgehead atoms. The summed E-state index contributed by atoms with van der Waals surface area (Å²) < 4.78 is 0. The van der Waals surface area contributed by atoms with Gasteiger partial charge in [0, 0.05) is 5.41 Å². The number of hydrogen-bond donors (Lipinski definition) is 0. The Morgan fingerprint density at radius 1 is 0.463 bits per heavy atom. The first-order chi connectivity index (χ1) is 20.3. The van der Waals surface area contributed by atoms with E-state index in [1.165, 1.54) is 161 Å². The van der Waals surface area contributed by atoms with E-state index in [-0.39, 0.29) is 0 Å². The molecular formula is C41H60. The maximum Gasteiger partial charge on any atom is 0.00242 e. The molecule has 0 amide bonds. The molecule has 0 atom stereocenters. The Morgan fingerprint density at radius 3 is 1.34 bits per heavy atom. The molecule has 7 rings (SSSR count). The van der Waals surface area contributed by atoms with Gasteiger partial charge in [-0.3, -0.25) is 0 Å². The molecule has 0 spiro atoms. The summed E-state index contributed by atoms with van der Waals surface area (Å²) in [5.41, 5.74) is 7.59. The predicted molar refractivity (Wildman–Crippen MR) is 177 cm³/mol. The highest BCUT2D eigenvalue weighted by Gasteiger charge is 2.59. The minimum atomic E-state index is 0.399. The summed E-state index contributed by atoms with van der Waals surface area (Å²) in [7, 11) is 0. The average Bonchev–Trinajstić information content (AvgIpc) is 3.50. The topological polar surface area (TPSA) is 0 Å². The van der Waals surface area contributed by atoms with Crippen LogP contribution in [-0.4, -0.2) is 0 Å². The van der Waals surface area contributed by atoms with Crippen molar-refractivity contribution in [1.29, 1.82) is 0 Å². The van der Waals surface area contributed by atoms with Crippen LogP contribution >= 0.6 is 0 Å². The first-order valence-corrected chi connectivity index (χ1v) is 18.9. The molecule has 0 aromatic heterocycles. The number of hydrogen-bond acceptors (Lipinski definition) is 0. The van der Waals surface area contributed by atoms with Gasteiger partial charge in [-0.1, -0.05) is 133 Å². The number of benzene rings is 1. The van der Waals surface area contributed by atoms with E-state index in [4.69, 9.17) is 0 Å². The van der Waals surface area contributed by atoms with Crippen LogP contribution in [-0.2, 0) is 0 Å². The molecule has 224 valence electrons. The molecule has 41 heavy (non-hydrogen) atoms. The lowest BCUT2D eigenvalue weighted by Gasteiger charge is -2.59. The molecule has 0 unspecified atom stereocenters.